The van der Waals surface area contributed by atoms with Gasteiger partial charge in [0.2, 0.25) is 0 Å². The number of hydrogen-bond acceptors (Lipinski definition) is 0. The van der Waals surface area contributed by atoms with Gasteiger partial charge in [-0.05, 0) is 25.7 Å². The molecule has 0 bridgehead atoms. The van der Waals surface area contributed by atoms with Gasteiger partial charge in [0.1, 0.15) is 0 Å². The van der Waals surface area contributed by atoms with Crippen molar-refractivity contribution in [3.63, 3.8) is 0 Å². The molecule has 0 nitrogen and oxygen atoms in total. The van der Waals surface area contributed by atoms with Gasteiger partial charge in [0.25, 0.3) is 0 Å². The largest absolute Gasteiger partial charge is 0.0885 e. The predicted octanol–water partition coefficient (Wildman–Crippen LogP) is 15.2. The summed E-state index contributed by atoms with van der Waals surface area (Å²) in [6.07, 6.45) is 55.9. The molecule has 0 aliphatic heterocycles. The first-order chi connectivity index (χ1) is 19.4. The van der Waals surface area contributed by atoms with Gasteiger partial charge in [-0.3, -0.25) is 0 Å². The summed E-state index contributed by atoms with van der Waals surface area (Å²) < 4.78 is 0. The number of rotatable bonds is 35. The Morgan fingerprint density at radius 3 is 0.538 bits per heavy atom. The van der Waals surface area contributed by atoms with E-state index in [2.05, 4.69) is 26.0 Å². The second-order valence-electron chi connectivity index (χ2n) is 13.0. The van der Waals surface area contributed by atoms with Crippen molar-refractivity contribution in [3.8, 4) is 0 Å². The highest BCUT2D eigenvalue weighted by Crippen LogP contribution is 2.16. The van der Waals surface area contributed by atoms with E-state index in [0.29, 0.717) is 0 Å². The van der Waals surface area contributed by atoms with E-state index in [0.717, 1.165) is 0 Å². The summed E-state index contributed by atoms with van der Waals surface area (Å²) in [5, 5.41) is 0. The van der Waals surface area contributed by atoms with Crippen LogP contribution in [0, 0.1) is 0 Å². The fraction of sp³-hybridized carbons (Fsp3) is 0.949. The van der Waals surface area contributed by atoms with E-state index in [4.69, 9.17) is 0 Å². The molecule has 0 fully saturated rings. The molecule has 0 saturated carbocycles. The summed E-state index contributed by atoms with van der Waals surface area (Å²) in [4.78, 5) is 0. The molecule has 0 heterocycles. The topological polar surface area (TPSA) is 0 Å². The number of hydrogen-bond donors (Lipinski definition) is 0. The molecule has 0 saturated heterocycles. The highest BCUT2D eigenvalue weighted by atomic mass is 14.0. The SMILES string of the molecule is CCCCCCCCC=CCCCCCCCCCCCCCCCCCCCCCCCCCCCCC. The zero-order chi connectivity index (χ0) is 28.2. The third-order valence-corrected chi connectivity index (χ3v) is 8.87. The van der Waals surface area contributed by atoms with Crippen LogP contribution in [0.4, 0.5) is 0 Å². The van der Waals surface area contributed by atoms with Gasteiger partial charge < -0.3 is 0 Å². The van der Waals surface area contributed by atoms with E-state index in [1.165, 1.54) is 225 Å². The average molecular weight is 547 g/mol. The molecular formula is C39H78. The van der Waals surface area contributed by atoms with Crippen LogP contribution in [0.3, 0.4) is 0 Å². The summed E-state index contributed by atoms with van der Waals surface area (Å²) in [6, 6.07) is 0. The van der Waals surface area contributed by atoms with Gasteiger partial charge in [0.05, 0.1) is 0 Å². The van der Waals surface area contributed by atoms with Gasteiger partial charge in [0, 0.05) is 0 Å². The van der Waals surface area contributed by atoms with Gasteiger partial charge in [-0.15, -0.1) is 0 Å². The van der Waals surface area contributed by atoms with Crippen LogP contribution in [0.15, 0.2) is 12.2 Å². The lowest BCUT2D eigenvalue weighted by molar-refractivity contribution is 0.515. The summed E-state index contributed by atoms with van der Waals surface area (Å²) in [5.41, 5.74) is 0. The Kier molecular flexibility index (Phi) is 37.5. The third kappa shape index (κ3) is 37.7. The van der Waals surface area contributed by atoms with Crippen molar-refractivity contribution in [2.75, 3.05) is 0 Å². The maximum Gasteiger partial charge on any atom is -0.0351 e. The first kappa shape index (κ1) is 38.7. The normalized spacial score (nSPS) is 11.7. The predicted molar refractivity (Wildman–Crippen MR) is 182 cm³/mol. The Labute approximate surface area is 250 Å². The molecule has 0 aliphatic carbocycles. The maximum atomic E-state index is 2.45. The molecule has 0 N–H and O–H groups in total. The molecule has 0 amide bonds. The van der Waals surface area contributed by atoms with Gasteiger partial charge in [0.15, 0.2) is 0 Å². The Bertz CT molecular complexity index is 422. The lowest BCUT2D eigenvalue weighted by Crippen LogP contribution is -1.85. The zero-order valence-corrected chi connectivity index (χ0v) is 27.9. The molecule has 234 valence electrons. The molecule has 0 spiro atoms. The van der Waals surface area contributed by atoms with Crippen LogP contribution in [0.2, 0.25) is 0 Å². The van der Waals surface area contributed by atoms with E-state index in [9.17, 15) is 0 Å². The maximum absolute atomic E-state index is 2.45. The minimum atomic E-state index is 1.31. The van der Waals surface area contributed by atoms with Crippen LogP contribution in [0.25, 0.3) is 0 Å². The molecule has 0 aromatic rings. The molecule has 0 heteroatoms. The Balaban J connectivity index is 3.05. The van der Waals surface area contributed by atoms with Crippen LogP contribution < -0.4 is 0 Å². The van der Waals surface area contributed by atoms with Crippen molar-refractivity contribution in [3.05, 3.63) is 12.2 Å². The fourth-order valence-electron chi connectivity index (χ4n) is 6.03. The Morgan fingerprint density at radius 1 is 0.205 bits per heavy atom. The smallest absolute Gasteiger partial charge is 0.0351 e. The van der Waals surface area contributed by atoms with Crippen molar-refractivity contribution in [1.82, 2.24) is 0 Å². The second kappa shape index (κ2) is 37.7. The van der Waals surface area contributed by atoms with Crippen LogP contribution in [0.1, 0.15) is 239 Å². The van der Waals surface area contributed by atoms with E-state index < -0.39 is 0 Å². The molecule has 0 aromatic carbocycles. The van der Waals surface area contributed by atoms with Gasteiger partial charge >= 0.3 is 0 Å². The number of allylic oxidation sites excluding steroid dienone is 2. The molecule has 0 atom stereocenters. The summed E-state index contributed by atoms with van der Waals surface area (Å²) in [7, 11) is 0. The third-order valence-electron chi connectivity index (χ3n) is 8.87. The molecule has 39 heavy (non-hydrogen) atoms. The average Bonchev–Trinajstić information content (AvgIpc) is 2.95. The van der Waals surface area contributed by atoms with Crippen molar-refractivity contribution in [2.45, 2.75) is 239 Å². The fourth-order valence-corrected chi connectivity index (χ4v) is 6.03. The second-order valence-corrected chi connectivity index (χ2v) is 13.0. The molecule has 0 radical (unpaired) electrons. The molecule has 0 rings (SSSR count). The quantitative estimate of drug-likeness (QED) is 0.0547. The summed E-state index contributed by atoms with van der Waals surface area (Å²) >= 11 is 0. The van der Waals surface area contributed by atoms with E-state index in [-0.39, 0.29) is 0 Å². The summed E-state index contributed by atoms with van der Waals surface area (Å²) in [6.45, 7) is 4.61. The standard InChI is InChI=1S/C39H78/c1-3-5-7-9-11-13-15-17-19-21-23-25-27-29-31-33-35-37-39-38-36-34-32-30-28-26-24-22-20-18-16-14-12-10-8-6-4-2/h17,19H,3-16,18,20-39H2,1-2H3. The lowest BCUT2D eigenvalue weighted by Gasteiger charge is -2.04. The zero-order valence-electron chi connectivity index (χ0n) is 27.9. The van der Waals surface area contributed by atoms with Crippen LogP contribution >= 0.6 is 0 Å². The highest BCUT2D eigenvalue weighted by molar-refractivity contribution is 4.81. The Morgan fingerprint density at radius 2 is 0.359 bits per heavy atom. The highest BCUT2D eigenvalue weighted by Gasteiger charge is 1.96. The molecular weight excluding hydrogens is 468 g/mol. The monoisotopic (exact) mass is 547 g/mol. The van der Waals surface area contributed by atoms with E-state index in [1.807, 2.05) is 0 Å². The van der Waals surface area contributed by atoms with E-state index >= 15 is 0 Å². The van der Waals surface area contributed by atoms with Crippen molar-refractivity contribution in [2.24, 2.45) is 0 Å². The lowest BCUT2D eigenvalue weighted by atomic mass is 10.0. The number of unbranched alkanes of at least 4 members (excludes halogenated alkanes) is 33. The summed E-state index contributed by atoms with van der Waals surface area (Å²) in [5.74, 6) is 0. The van der Waals surface area contributed by atoms with Crippen LogP contribution in [-0.4, -0.2) is 0 Å². The minimum absolute atomic E-state index is 1.31. The molecule has 0 aliphatic rings. The van der Waals surface area contributed by atoms with Gasteiger partial charge in [-0.25, -0.2) is 0 Å². The molecule has 0 unspecified atom stereocenters. The first-order valence-electron chi connectivity index (χ1n) is 19.1. The Hall–Kier alpha value is -0.260. The van der Waals surface area contributed by atoms with Crippen molar-refractivity contribution in [1.29, 1.82) is 0 Å². The van der Waals surface area contributed by atoms with Crippen LogP contribution in [0.5, 0.6) is 0 Å². The molecule has 0 aromatic heterocycles. The van der Waals surface area contributed by atoms with Crippen molar-refractivity contribution < 1.29 is 0 Å². The van der Waals surface area contributed by atoms with Gasteiger partial charge in [-0.2, -0.15) is 0 Å². The van der Waals surface area contributed by atoms with E-state index in [1.54, 1.807) is 0 Å². The first-order valence-corrected chi connectivity index (χ1v) is 19.1. The van der Waals surface area contributed by atoms with Crippen LogP contribution in [-0.2, 0) is 0 Å². The van der Waals surface area contributed by atoms with Crippen molar-refractivity contribution >= 4 is 0 Å². The minimum Gasteiger partial charge on any atom is -0.0885 e. The van der Waals surface area contributed by atoms with Gasteiger partial charge in [-0.1, -0.05) is 225 Å².